The van der Waals surface area contributed by atoms with Crippen LogP contribution in [0, 0.1) is 13.8 Å². The summed E-state index contributed by atoms with van der Waals surface area (Å²) in [5.74, 6) is 1.58. The zero-order chi connectivity index (χ0) is 18.6. The van der Waals surface area contributed by atoms with Gasteiger partial charge in [-0.2, -0.15) is 5.10 Å². The van der Waals surface area contributed by atoms with Gasteiger partial charge < -0.3 is 9.64 Å². The van der Waals surface area contributed by atoms with Crippen molar-refractivity contribution in [2.24, 2.45) is 0 Å². The zero-order valence-corrected chi connectivity index (χ0v) is 15.8. The van der Waals surface area contributed by atoms with Gasteiger partial charge in [0.2, 0.25) is 5.88 Å². The van der Waals surface area contributed by atoms with Gasteiger partial charge in [0, 0.05) is 38.8 Å². The number of benzene rings is 1. The number of para-hydroxylation sites is 2. The average molecular weight is 364 g/mol. The largest absolute Gasteiger partial charge is 0.475 e. The minimum atomic E-state index is 0.585. The lowest BCUT2D eigenvalue weighted by molar-refractivity contribution is 0.195. The highest BCUT2D eigenvalue weighted by molar-refractivity contribution is 5.76. The standard InChI is InChI=1S/C20H24N6O/c1-15-7-8-19(24-23-15)27-14-13-25-9-11-26(12-10-25)20-16(2)21-17-5-3-4-6-18(17)22-20/h3-8H,9-14H2,1-2H3. The number of fused-ring (bicyclic) bond motifs is 1. The number of anilines is 1. The second-order valence-corrected chi connectivity index (χ2v) is 6.81. The Morgan fingerprint density at radius 3 is 2.33 bits per heavy atom. The van der Waals surface area contributed by atoms with Crippen molar-refractivity contribution in [3.05, 3.63) is 47.8 Å². The Morgan fingerprint density at radius 2 is 1.63 bits per heavy atom. The van der Waals surface area contributed by atoms with Gasteiger partial charge in [-0.25, -0.2) is 9.97 Å². The van der Waals surface area contributed by atoms with Crippen LogP contribution in [0.4, 0.5) is 5.82 Å². The number of nitrogens with zero attached hydrogens (tertiary/aromatic N) is 6. The summed E-state index contributed by atoms with van der Waals surface area (Å²) >= 11 is 0. The summed E-state index contributed by atoms with van der Waals surface area (Å²) in [6.45, 7) is 9.30. The van der Waals surface area contributed by atoms with Crippen LogP contribution in [0.25, 0.3) is 11.0 Å². The summed E-state index contributed by atoms with van der Waals surface area (Å²) in [5, 5.41) is 8.04. The highest BCUT2D eigenvalue weighted by Crippen LogP contribution is 2.21. The average Bonchev–Trinajstić information content (AvgIpc) is 2.70. The zero-order valence-electron chi connectivity index (χ0n) is 15.8. The van der Waals surface area contributed by atoms with Crippen LogP contribution in [-0.4, -0.2) is 64.4 Å². The predicted molar refractivity (Wildman–Crippen MR) is 105 cm³/mol. The fraction of sp³-hybridized carbons (Fsp3) is 0.400. The van der Waals surface area contributed by atoms with Gasteiger partial charge in [-0.1, -0.05) is 12.1 Å². The lowest BCUT2D eigenvalue weighted by Crippen LogP contribution is -2.48. The summed E-state index contributed by atoms with van der Waals surface area (Å²) in [7, 11) is 0. The van der Waals surface area contributed by atoms with E-state index >= 15 is 0 Å². The van der Waals surface area contributed by atoms with Crippen molar-refractivity contribution in [2.75, 3.05) is 44.2 Å². The van der Waals surface area contributed by atoms with Crippen molar-refractivity contribution in [3.63, 3.8) is 0 Å². The lowest BCUT2D eigenvalue weighted by atomic mass is 10.2. The maximum Gasteiger partial charge on any atom is 0.233 e. The van der Waals surface area contributed by atoms with E-state index in [-0.39, 0.29) is 0 Å². The molecular formula is C20H24N6O. The molecule has 7 heteroatoms. The molecule has 1 aromatic carbocycles. The topological polar surface area (TPSA) is 67.3 Å². The molecule has 0 bridgehead atoms. The number of hydrogen-bond donors (Lipinski definition) is 0. The number of piperazine rings is 1. The van der Waals surface area contributed by atoms with Gasteiger partial charge in [-0.05, 0) is 32.0 Å². The van der Waals surface area contributed by atoms with E-state index in [1.165, 1.54) is 0 Å². The first-order valence-corrected chi connectivity index (χ1v) is 9.33. The van der Waals surface area contributed by atoms with E-state index in [4.69, 9.17) is 14.7 Å². The fourth-order valence-electron chi connectivity index (χ4n) is 3.30. The second-order valence-electron chi connectivity index (χ2n) is 6.81. The molecule has 0 spiro atoms. The molecule has 1 aliphatic rings. The Balaban J connectivity index is 1.31. The molecule has 0 aliphatic carbocycles. The van der Waals surface area contributed by atoms with Crippen LogP contribution >= 0.6 is 0 Å². The first-order valence-electron chi connectivity index (χ1n) is 9.33. The van der Waals surface area contributed by atoms with E-state index in [0.29, 0.717) is 12.5 Å². The van der Waals surface area contributed by atoms with E-state index < -0.39 is 0 Å². The monoisotopic (exact) mass is 364 g/mol. The van der Waals surface area contributed by atoms with Gasteiger partial charge in [0.05, 0.1) is 22.4 Å². The minimum Gasteiger partial charge on any atom is -0.475 e. The van der Waals surface area contributed by atoms with E-state index in [2.05, 4.69) is 20.0 Å². The highest BCUT2D eigenvalue weighted by Gasteiger charge is 2.20. The molecular weight excluding hydrogens is 340 g/mol. The number of ether oxygens (including phenoxy) is 1. The molecule has 0 amide bonds. The van der Waals surface area contributed by atoms with Crippen LogP contribution in [-0.2, 0) is 0 Å². The van der Waals surface area contributed by atoms with Gasteiger partial charge in [-0.15, -0.1) is 5.10 Å². The van der Waals surface area contributed by atoms with Gasteiger partial charge in [0.15, 0.2) is 5.82 Å². The molecule has 4 rings (SSSR count). The predicted octanol–water partition coefficient (Wildman–Crippen LogP) is 2.24. The summed E-state index contributed by atoms with van der Waals surface area (Å²) in [6.07, 6.45) is 0. The smallest absolute Gasteiger partial charge is 0.233 e. The molecule has 0 radical (unpaired) electrons. The SMILES string of the molecule is Cc1ccc(OCCN2CCN(c3nc4ccccc4nc3C)CC2)nn1. The first kappa shape index (κ1) is 17.6. The molecule has 140 valence electrons. The van der Waals surface area contributed by atoms with Gasteiger partial charge >= 0.3 is 0 Å². The first-order chi connectivity index (χ1) is 13.2. The Hall–Kier alpha value is -2.80. The van der Waals surface area contributed by atoms with E-state index in [1.54, 1.807) is 0 Å². The molecule has 0 unspecified atom stereocenters. The van der Waals surface area contributed by atoms with Crippen LogP contribution in [0.15, 0.2) is 36.4 Å². The molecule has 3 aromatic rings. The number of hydrogen-bond acceptors (Lipinski definition) is 7. The quantitative estimate of drug-likeness (QED) is 0.688. The third-order valence-corrected chi connectivity index (χ3v) is 4.82. The normalized spacial score (nSPS) is 15.3. The van der Waals surface area contributed by atoms with E-state index in [1.807, 2.05) is 50.2 Å². The van der Waals surface area contributed by atoms with Crippen molar-refractivity contribution in [1.82, 2.24) is 25.1 Å². The molecule has 2 aromatic heterocycles. The van der Waals surface area contributed by atoms with Gasteiger partial charge in [0.25, 0.3) is 0 Å². The van der Waals surface area contributed by atoms with Crippen molar-refractivity contribution in [3.8, 4) is 5.88 Å². The van der Waals surface area contributed by atoms with Crippen molar-refractivity contribution in [2.45, 2.75) is 13.8 Å². The number of aromatic nitrogens is 4. The van der Waals surface area contributed by atoms with E-state index in [9.17, 15) is 0 Å². The van der Waals surface area contributed by atoms with E-state index in [0.717, 1.165) is 61.0 Å². The third kappa shape index (κ3) is 4.14. The van der Waals surface area contributed by atoms with Gasteiger partial charge in [0.1, 0.15) is 6.61 Å². The van der Waals surface area contributed by atoms with Crippen LogP contribution in [0.1, 0.15) is 11.4 Å². The maximum atomic E-state index is 5.69. The maximum absolute atomic E-state index is 5.69. The van der Waals surface area contributed by atoms with Crippen molar-refractivity contribution in [1.29, 1.82) is 0 Å². The minimum absolute atomic E-state index is 0.585. The summed E-state index contributed by atoms with van der Waals surface area (Å²) in [4.78, 5) is 14.3. The molecule has 0 N–H and O–H groups in total. The Bertz CT molecular complexity index is 906. The number of rotatable bonds is 5. The molecule has 7 nitrogen and oxygen atoms in total. The molecule has 3 heterocycles. The Morgan fingerprint density at radius 1 is 0.889 bits per heavy atom. The Kier molecular flexibility index (Phi) is 5.11. The highest BCUT2D eigenvalue weighted by atomic mass is 16.5. The van der Waals surface area contributed by atoms with Crippen LogP contribution in [0.5, 0.6) is 5.88 Å². The van der Waals surface area contributed by atoms with Gasteiger partial charge in [-0.3, -0.25) is 4.90 Å². The molecule has 0 atom stereocenters. The van der Waals surface area contributed by atoms with Crippen LogP contribution < -0.4 is 9.64 Å². The van der Waals surface area contributed by atoms with Crippen molar-refractivity contribution >= 4 is 16.9 Å². The molecule has 1 fully saturated rings. The van der Waals surface area contributed by atoms with Crippen LogP contribution in [0.3, 0.4) is 0 Å². The van der Waals surface area contributed by atoms with Crippen LogP contribution in [0.2, 0.25) is 0 Å². The Labute approximate surface area is 159 Å². The van der Waals surface area contributed by atoms with Crippen molar-refractivity contribution < 1.29 is 4.74 Å². The molecule has 1 saturated heterocycles. The number of aryl methyl sites for hydroxylation is 2. The second kappa shape index (κ2) is 7.84. The molecule has 0 saturated carbocycles. The summed E-state index contributed by atoms with van der Waals surface area (Å²) < 4.78 is 5.69. The summed E-state index contributed by atoms with van der Waals surface area (Å²) in [6, 6.07) is 11.8. The summed E-state index contributed by atoms with van der Waals surface area (Å²) in [5.41, 5.74) is 3.79. The molecule has 1 aliphatic heterocycles. The molecule has 27 heavy (non-hydrogen) atoms. The lowest BCUT2D eigenvalue weighted by Gasteiger charge is -2.35. The fourth-order valence-corrected chi connectivity index (χ4v) is 3.30. The third-order valence-electron chi connectivity index (χ3n) is 4.82.